The Morgan fingerprint density at radius 2 is 2.14 bits per heavy atom. The fourth-order valence-electron chi connectivity index (χ4n) is 0.945. The summed E-state index contributed by atoms with van der Waals surface area (Å²) in [6.07, 6.45) is 3.65. The second-order valence-electron chi connectivity index (χ2n) is 2.72. The SMILES string of the molecule is OCc1cnccc1/C=C/[B-](F)(F)F. The molecule has 1 heterocycles. The zero-order valence-electron chi connectivity index (χ0n) is 7.20. The molecule has 0 unspecified atom stereocenters. The number of rotatable bonds is 3. The molecule has 0 saturated heterocycles. The summed E-state index contributed by atoms with van der Waals surface area (Å²) >= 11 is 0. The monoisotopic (exact) mass is 202 g/mol. The van der Waals surface area contributed by atoms with Gasteiger partial charge in [0.05, 0.1) is 6.61 Å². The zero-order chi connectivity index (χ0) is 10.6. The number of pyridine rings is 1. The van der Waals surface area contributed by atoms with Crippen LogP contribution in [0, 0.1) is 0 Å². The molecule has 2 nitrogen and oxygen atoms in total. The number of hydrogen-bond acceptors (Lipinski definition) is 2. The van der Waals surface area contributed by atoms with E-state index in [1.54, 1.807) is 0 Å². The van der Waals surface area contributed by atoms with Gasteiger partial charge in [-0.2, -0.15) is 0 Å². The van der Waals surface area contributed by atoms with Gasteiger partial charge in [-0.25, -0.2) is 0 Å². The van der Waals surface area contributed by atoms with Crippen LogP contribution in [-0.2, 0) is 6.61 Å². The topological polar surface area (TPSA) is 33.1 Å². The van der Waals surface area contributed by atoms with E-state index in [4.69, 9.17) is 5.11 Å². The van der Waals surface area contributed by atoms with Crippen molar-refractivity contribution in [3.8, 4) is 0 Å². The van der Waals surface area contributed by atoms with Crippen molar-refractivity contribution < 1.29 is 18.1 Å². The first kappa shape index (κ1) is 10.8. The number of aromatic nitrogens is 1. The van der Waals surface area contributed by atoms with Gasteiger partial charge in [-0.1, -0.05) is 6.08 Å². The van der Waals surface area contributed by atoms with Crippen LogP contribution in [0.1, 0.15) is 11.1 Å². The van der Waals surface area contributed by atoms with Crippen LogP contribution in [0.4, 0.5) is 12.9 Å². The first-order valence-corrected chi connectivity index (χ1v) is 3.96. The highest BCUT2D eigenvalue weighted by molar-refractivity contribution is 6.64. The van der Waals surface area contributed by atoms with E-state index in [1.165, 1.54) is 18.5 Å². The van der Waals surface area contributed by atoms with Crippen molar-refractivity contribution in [2.75, 3.05) is 0 Å². The Kier molecular flexibility index (Phi) is 3.30. The second kappa shape index (κ2) is 4.28. The van der Waals surface area contributed by atoms with Gasteiger partial charge in [-0.05, 0) is 11.6 Å². The van der Waals surface area contributed by atoms with E-state index < -0.39 is 6.98 Å². The van der Waals surface area contributed by atoms with Crippen LogP contribution in [0.5, 0.6) is 0 Å². The number of halogens is 3. The molecule has 1 aromatic rings. The van der Waals surface area contributed by atoms with Crippen molar-refractivity contribution >= 4 is 13.1 Å². The summed E-state index contributed by atoms with van der Waals surface area (Å²) in [5.74, 6) is 0.189. The predicted octanol–water partition coefficient (Wildman–Crippen LogP) is 1.97. The zero-order valence-corrected chi connectivity index (χ0v) is 7.20. The van der Waals surface area contributed by atoms with Crippen LogP contribution in [-0.4, -0.2) is 17.1 Å². The molecule has 0 aliphatic rings. The smallest absolute Gasteiger partial charge is 0.445 e. The van der Waals surface area contributed by atoms with Gasteiger partial charge in [0.15, 0.2) is 0 Å². The van der Waals surface area contributed by atoms with Crippen LogP contribution in [0.2, 0.25) is 0 Å². The maximum atomic E-state index is 11.9. The van der Waals surface area contributed by atoms with Crippen LogP contribution in [0.25, 0.3) is 6.08 Å². The van der Waals surface area contributed by atoms with Gasteiger partial charge in [-0.15, -0.1) is 5.98 Å². The number of aliphatic hydroxyl groups is 1. The lowest BCUT2D eigenvalue weighted by Gasteiger charge is -2.07. The minimum Gasteiger partial charge on any atom is -0.445 e. The van der Waals surface area contributed by atoms with E-state index in [2.05, 4.69) is 4.98 Å². The van der Waals surface area contributed by atoms with Gasteiger partial charge in [0, 0.05) is 18.0 Å². The summed E-state index contributed by atoms with van der Waals surface area (Å²) < 4.78 is 35.6. The maximum Gasteiger partial charge on any atom is 0.502 e. The normalized spacial score (nSPS) is 12.3. The van der Waals surface area contributed by atoms with Crippen molar-refractivity contribution in [3.05, 3.63) is 35.6 Å². The molecular formula is C8H8BF3NO-. The quantitative estimate of drug-likeness (QED) is 0.760. The molecule has 0 aliphatic heterocycles. The molecule has 0 aromatic carbocycles. The van der Waals surface area contributed by atoms with Crippen molar-refractivity contribution in [1.82, 2.24) is 4.98 Å². The van der Waals surface area contributed by atoms with E-state index in [0.717, 1.165) is 6.08 Å². The average molecular weight is 202 g/mol. The standard InChI is InChI=1S/C8H8BF3NO/c10-9(11,12)3-1-7-2-4-13-5-8(7)6-14/h1-5,14H,6H2/q-1/b3-1+. The van der Waals surface area contributed by atoms with E-state index in [1.807, 2.05) is 0 Å². The largest absolute Gasteiger partial charge is 0.502 e. The van der Waals surface area contributed by atoms with Crippen molar-refractivity contribution in [2.24, 2.45) is 0 Å². The molecule has 0 saturated carbocycles. The predicted molar refractivity (Wildman–Crippen MR) is 48.3 cm³/mol. The summed E-state index contributed by atoms with van der Waals surface area (Å²) in [6, 6.07) is 1.42. The number of aliphatic hydroxyl groups excluding tert-OH is 1. The van der Waals surface area contributed by atoms with Crippen LogP contribution in [0.3, 0.4) is 0 Å². The molecule has 0 atom stereocenters. The third-order valence-corrected chi connectivity index (χ3v) is 1.61. The van der Waals surface area contributed by atoms with Gasteiger partial charge in [-0.3, -0.25) is 4.98 Å². The molecule has 0 amide bonds. The molecule has 0 radical (unpaired) electrons. The first-order chi connectivity index (χ1) is 6.53. The second-order valence-corrected chi connectivity index (χ2v) is 2.72. The van der Waals surface area contributed by atoms with E-state index in [0.29, 0.717) is 11.1 Å². The van der Waals surface area contributed by atoms with Crippen LogP contribution < -0.4 is 0 Å². The molecule has 14 heavy (non-hydrogen) atoms. The van der Waals surface area contributed by atoms with Crippen LogP contribution >= 0.6 is 0 Å². The van der Waals surface area contributed by atoms with Gasteiger partial charge >= 0.3 is 6.98 Å². The molecule has 76 valence electrons. The number of hydrogen-bond donors (Lipinski definition) is 1. The number of nitrogens with zero attached hydrogens (tertiary/aromatic N) is 1. The average Bonchev–Trinajstić information content (AvgIpc) is 2.14. The highest BCUT2D eigenvalue weighted by Crippen LogP contribution is 2.14. The van der Waals surface area contributed by atoms with Crippen molar-refractivity contribution in [2.45, 2.75) is 6.61 Å². The molecule has 0 aliphatic carbocycles. The van der Waals surface area contributed by atoms with E-state index in [9.17, 15) is 12.9 Å². The van der Waals surface area contributed by atoms with Gasteiger partial charge in [0.1, 0.15) is 0 Å². The summed E-state index contributed by atoms with van der Waals surface area (Å²) in [4.78, 5) is 3.69. The van der Waals surface area contributed by atoms with E-state index >= 15 is 0 Å². The lowest BCUT2D eigenvalue weighted by atomic mass is 9.90. The maximum absolute atomic E-state index is 11.9. The Hall–Kier alpha value is -1.30. The Bertz CT molecular complexity index is 338. The molecule has 0 bridgehead atoms. The fraction of sp³-hybridized carbons (Fsp3) is 0.125. The lowest BCUT2D eigenvalue weighted by molar-refractivity contribution is 0.281. The highest BCUT2D eigenvalue weighted by atomic mass is 19.4. The molecule has 1 aromatic heterocycles. The first-order valence-electron chi connectivity index (χ1n) is 3.96. The third-order valence-electron chi connectivity index (χ3n) is 1.61. The van der Waals surface area contributed by atoms with Crippen molar-refractivity contribution in [1.29, 1.82) is 0 Å². The summed E-state index contributed by atoms with van der Waals surface area (Å²) in [5, 5.41) is 8.80. The molecule has 0 spiro atoms. The Morgan fingerprint density at radius 3 is 2.71 bits per heavy atom. The third kappa shape index (κ3) is 3.22. The summed E-state index contributed by atoms with van der Waals surface area (Å²) in [6.45, 7) is -5.25. The molecule has 6 heteroatoms. The Balaban J connectivity index is 2.91. The van der Waals surface area contributed by atoms with E-state index in [-0.39, 0.29) is 12.6 Å². The minimum atomic E-state index is -4.93. The summed E-state index contributed by atoms with van der Waals surface area (Å²) in [7, 11) is 0. The highest BCUT2D eigenvalue weighted by Gasteiger charge is 2.17. The molecule has 0 fully saturated rings. The fourth-order valence-corrected chi connectivity index (χ4v) is 0.945. The van der Waals surface area contributed by atoms with Gasteiger partial charge in [0.25, 0.3) is 0 Å². The Labute approximate surface area is 79.2 Å². The molecular weight excluding hydrogens is 194 g/mol. The molecule has 1 N–H and O–H groups in total. The van der Waals surface area contributed by atoms with Crippen molar-refractivity contribution in [3.63, 3.8) is 0 Å². The molecule has 1 rings (SSSR count). The lowest BCUT2D eigenvalue weighted by Crippen LogP contribution is -2.09. The van der Waals surface area contributed by atoms with Gasteiger partial charge in [0.2, 0.25) is 0 Å². The Morgan fingerprint density at radius 1 is 1.43 bits per heavy atom. The van der Waals surface area contributed by atoms with Gasteiger partial charge < -0.3 is 18.1 Å². The summed E-state index contributed by atoms with van der Waals surface area (Å²) in [5.41, 5.74) is 0.713. The van der Waals surface area contributed by atoms with Crippen LogP contribution in [0.15, 0.2) is 24.4 Å². The minimum absolute atomic E-state index is 0.189.